The molecule has 0 aromatic heterocycles. The van der Waals surface area contributed by atoms with Gasteiger partial charge in [-0.05, 0) is 31.1 Å². The topological polar surface area (TPSA) is 18.5 Å². The van der Waals surface area contributed by atoms with E-state index >= 15 is 0 Å². The highest BCUT2D eigenvalue weighted by atomic mass is 16.6. The van der Waals surface area contributed by atoms with Crippen molar-refractivity contribution in [2.75, 3.05) is 13.2 Å². The first-order valence-electron chi connectivity index (χ1n) is 10.6. The Hall–Kier alpha value is -0.0800. The molecule has 1 saturated carbocycles. The average Bonchev–Trinajstić information content (AvgIpc) is 2.61. The molecule has 0 aromatic rings. The van der Waals surface area contributed by atoms with Crippen LogP contribution in [-0.2, 0) is 9.47 Å². The zero-order chi connectivity index (χ0) is 16.3. The van der Waals surface area contributed by atoms with Crippen LogP contribution in [0.5, 0.6) is 0 Å². The van der Waals surface area contributed by atoms with Gasteiger partial charge in [0.1, 0.15) is 0 Å². The lowest BCUT2D eigenvalue weighted by molar-refractivity contribution is -0.157. The fourth-order valence-corrected chi connectivity index (χ4v) is 4.31. The predicted molar refractivity (Wildman–Crippen MR) is 97.8 cm³/mol. The number of unbranched alkanes of at least 4 members (excludes halogenated alkanes) is 5. The summed E-state index contributed by atoms with van der Waals surface area (Å²) in [7, 11) is 0. The van der Waals surface area contributed by atoms with Crippen LogP contribution < -0.4 is 0 Å². The molecule has 1 aliphatic carbocycles. The molecule has 23 heavy (non-hydrogen) atoms. The van der Waals surface area contributed by atoms with E-state index in [2.05, 4.69) is 13.8 Å². The molecule has 0 N–H and O–H groups in total. The quantitative estimate of drug-likeness (QED) is 0.450. The lowest BCUT2D eigenvalue weighted by Crippen LogP contribution is -2.41. The van der Waals surface area contributed by atoms with Crippen LogP contribution in [-0.4, -0.2) is 25.4 Å². The zero-order valence-corrected chi connectivity index (χ0v) is 15.7. The van der Waals surface area contributed by atoms with Gasteiger partial charge in [0.25, 0.3) is 0 Å². The Balaban J connectivity index is 1.54. The van der Waals surface area contributed by atoms with Gasteiger partial charge in [0.2, 0.25) is 0 Å². The van der Waals surface area contributed by atoms with Crippen LogP contribution in [0.25, 0.3) is 0 Å². The molecule has 1 aliphatic heterocycles. The third kappa shape index (κ3) is 7.13. The van der Waals surface area contributed by atoms with Gasteiger partial charge in [-0.15, -0.1) is 0 Å². The second-order valence-corrected chi connectivity index (χ2v) is 7.95. The Bertz CT molecular complexity index is 276. The van der Waals surface area contributed by atoms with Crippen LogP contribution in [0.15, 0.2) is 0 Å². The maximum atomic E-state index is 6.20. The number of hydrogen-bond donors (Lipinski definition) is 0. The van der Waals surface area contributed by atoms with Crippen molar-refractivity contribution >= 4 is 0 Å². The minimum Gasteiger partial charge on any atom is -0.373 e. The third-order valence-corrected chi connectivity index (χ3v) is 6.01. The molecule has 0 bridgehead atoms. The van der Waals surface area contributed by atoms with E-state index in [9.17, 15) is 0 Å². The number of hydrogen-bond acceptors (Lipinski definition) is 2. The van der Waals surface area contributed by atoms with Crippen molar-refractivity contribution in [2.24, 2.45) is 11.8 Å². The summed E-state index contributed by atoms with van der Waals surface area (Å²) in [6.45, 7) is 6.27. The summed E-state index contributed by atoms with van der Waals surface area (Å²) in [4.78, 5) is 0. The molecule has 0 spiro atoms. The van der Waals surface area contributed by atoms with Crippen molar-refractivity contribution in [3.63, 3.8) is 0 Å². The van der Waals surface area contributed by atoms with Crippen LogP contribution in [0.4, 0.5) is 0 Å². The van der Waals surface area contributed by atoms with E-state index in [0.29, 0.717) is 12.2 Å². The number of rotatable bonds is 10. The maximum Gasteiger partial charge on any atom is 0.0838 e. The van der Waals surface area contributed by atoms with E-state index in [0.717, 1.165) is 25.0 Å². The van der Waals surface area contributed by atoms with Crippen LogP contribution in [0.1, 0.15) is 97.3 Å². The number of ether oxygens (including phenoxy) is 2. The molecule has 0 radical (unpaired) electrons. The Morgan fingerprint density at radius 2 is 1.43 bits per heavy atom. The lowest BCUT2D eigenvalue weighted by atomic mass is 9.77. The van der Waals surface area contributed by atoms with Gasteiger partial charge in [-0.2, -0.15) is 0 Å². The predicted octanol–water partition coefficient (Wildman–Crippen LogP) is 6.13. The first kappa shape index (κ1) is 19.2. The van der Waals surface area contributed by atoms with Gasteiger partial charge < -0.3 is 9.47 Å². The fourth-order valence-electron chi connectivity index (χ4n) is 4.31. The SMILES string of the molecule is CCCCCCCC1COC(C2CCC(CCCC)CC2)CO1. The maximum absolute atomic E-state index is 6.20. The van der Waals surface area contributed by atoms with Crippen LogP contribution in [0.3, 0.4) is 0 Å². The van der Waals surface area contributed by atoms with Gasteiger partial charge in [0, 0.05) is 0 Å². The minimum atomic E-state index is 0.369. The van der Waals surface area contributed by atoms with Gasteiger partial charge in [0.15, 0.2) is 0 Å². The van der Waals surface area contributed by atoms with Crippen molar-refractivity contribution < 1.29 is 9.47 Å². The second kappa shape index (κ2) is 11.5. The van der Waals surface area contributed by atoms with Crippen molar-refractivity contribution in [3.05, 3.63) is 0 Å². The molecule has 2 aliphatic rings. The average molecular weight is 325 g/mol. The molecule has 2 unspecified atom stereocenters. The minimum absolute atomic E-state index is 0.369. The van der Waals surface area contributed by atoms with Crippen molar-refractivity contribution in [1.29, 1.82) is 0 Å². The van der Waals surface area contributed by atoms with Gasteiger partial charge >= 0.3 is 0 Å². The summed E-state index contributed by atoms with van der Waals surface area (Å²) < 4.78 is 12.3. The standard InChI is InChI=1S/C21H40O2/c1-3-5-7-8-9-11-20-16-23-21(17-22-20)19-14-12-18(13-15-19)10-6-4-2/h18-21H,3-17H2,1-2H3. The van der Waals surface area contributed by atoms with E-state index in [1.165, 1.54) is 83.5 Å². The fraction of sp³-hybridized carbons (Fsp3) is 1.00. The second-order valence-electron chi connectivity index (χ2n) is 7.95. The molecule has 2 rings (SSSR count). The van der Waals surface area contributed by atoms with Crippen LogP contribution in [0, 0.1) is 11.8 Å². The summed E-state index contributed by atoms with van der Waals surface area (Å²) >= 11 is 0. The first-order chi connectivity index (χ1) is 11.3. The summed E-state index contributed by atoms with van der Waals surface area (Å²) in [5.41, 5.74) is 0. The highest BCUT2D eigenvalue weighted by Crippen LogP contribution is 2.35. The largest absolute Gasteiger partial charge is 0.373 e. The molecular weight excluding hydrogens is 284 g/mol. The normalized spacial score (nSPS) is 32.1. The Morgan fingerprint density at radius 1 is 0.696 bits per heavy atom. The first-order valence-corrected chi connectivity index (χ1v) is 10.6. The van der Waals surface area contributed by atoms with Gasteiger partial charge in [0.05, 0.1) is 25.4 Å². The Kier molecular flexibility index (Phi) is 9.60. The van der Waals surface area contributed by atoms with E-state index < -0.39 is 0 Å². The molecule has 2 fully saturated rings. The highest BCUT2D eigenvalue weighted by Gasteiger charge is 2.31. The summed E-state index contributed by atoms with van der Waals surface area (Å²) in [5, 5.41) is 0. The molecule has 2 nitrogen and oxygen atoms in total. The molecule has 2 atom stereocenters. The molecule has 0 amide bonds. The van der Waals surface area contributed by atoms with E-state index in [1.807, 2.05) is 0 Å². The van der Waals surface area contributed by atoms with Crippen molar-refractivity contribution in [1.82, 2.24) is 0 Å². The third-order valence-electron chi connectivity index (χ3n) is 6.01. The highest BCUT2D eigenvalue weighted by molar-refractivity contribution is 4.81. The Morgan fingerprint density at radius 3 is 2.09 bits per heavy atom. The monoisotopic (exact) mass is 324 g/mol. The lowest BCUT2D eigenvalue weighted by Gasteiger charge is -2.38. The van der Waals surface area contributed by atoms with Gasteiger partial charge in [-0.3, -0.25) is 0 Å². The van der Waals surface area contributed by atoms with Gasteiger partial charge in [-0.1, -0.05) is 78.1 Å². The molecule has 0 aromatic carbocycles. The van der Waals surface area contributed by atoms with Crippen molar-refractivity contribution in [2.45, 2.75) is 110 Å². The Labute approximate surface area is 144 Å². The van der Waals surface area contributed by atoms with Crippen molar-refractivity contribution in [3.8, 4) is 0 Å². The smallest absolute Gasteiger partial charge is 0.0838 e. The summed E-state index contributed by atoms with van der Waals surface area (Å²) in [5.74, 6) is 1.75. The summed E-state index contributed by atoms with van der Waals surface area (Å²) in [6, 6.07) is 0. The zero-order valence-electron chi connectivity index (χ0n) is 15.7. The van der Waals surface area contributed by atoms with E-state index in [-0.39, 0.29) is 0 Å². The summed E-state index contributed by atoms with van der Waals surface area (Å²) in [6.07, 6.45) is 18.5. The van der Waals surface area contributed by atoms with Gasteiger partial charge in [-0.25, -0.2) is 0 Å². The van der Waals surface area contributed by atoms with E-state index in [4.69, 9.17) is 9.47 Å². The van der Waals surface area contributed by atoms with E-state index in [1.54, 1.807) is 0 Å². The molecular formula is C21H40O2. The van der Waals surface area contributed by atoms with Crippen LogP contribution in [0.2, 0.25) is 0 Å². The molecule has 1 saturated heterocycles. The molecule has 136 valence electrons. The van der Waals surface area contributed by atoms with Crippen LogP contribution >= 0.6 is 0 Å². The molecule has 1 heterocycles. The molecule has 2 heteroatoms.